The van der Waals surface area contributed by atoms with Crippen LogP contribution in [0.1, 0.15) is 6.92 Å². The van der Waals surface area contributed by atoms with Gasteiger partial charge in [0.05, 0.1) is 6.20 Å². The molecular weight excluding hydrogens is 225 g/mol. The minimum Gasteiger partial charge on any atom is -0.396 e. The quantitative estimate of drug-likeness (QED) is 0.783. The number of hydrogen-bond acceptors (Lipinski definition) is 4. The first kappa shape index (κ1) is 11.5. The van der Waals surface area contributed by atoms with Gasteiger partial charge in [-0.05, 0) is 17.5 Å². The molecule has 0 aromatic carbocycles. The van der Waals surface area contributed by atoms with Crippen LogP contribution in [0.4, 0.5) is 5.82 Å². The summed E-state index contributed by atoms with van der Waals surface area (Å²) in [5.74, 6) is 0.631. The van der Waals surface area contributed by atoms with Crippen LogP contribution in [0.25, 0.3) is 0 Å². The molecule has 1 aromatic rings. The molecule has 0 aliphatic carbocycles. The summed E-state index contributed by atoms with van der Waals surface area (Å²) in [4.78, 5) is 7.63. The zero-order valence-corrected chi connectivity index (χ0v) is 9.18. The second kappa shape index (κ2) is 5.34. The van der Waals surface area contributed by atoms with Gasteiger partial charge in [-0.3, -0.25) is 0 Å². The summed E-state index contributed by atoms with van der Waals surface area (Å²) < 4.78 is 0. The average Bonchev–Trinajstić information content (AvgIpc) is 2.19. The van der Waals surface area contributed by atoms with Crippen LogP contribution in [0, 0.1) is 5.92 Å². The van der Waals surface area contributed by atoms with Gasteiger partial charge in [0.2, 0.25) is 5.28 Å². The summed E-state index contributed by atoms with van der Waals surface area (Å²) >= 11 is 11.4. The molecule has 1 atom stereocenters. The van der Waals surface area contributed by atoms with Crippen molar-refractivity contribution in [2.75, 3.05) is 18.5 Å². The zero-order chi connectivity index (χ0) is 10.6. The Hall–Kier alpha value is -0.580. The van der Waals surface area contributed by atoms with E-state index in [-0.39, 0.29) is 17.8 Å². The van der Waals surface area contributed by atoms with E-state index in [9.17, 15) is 0 Å². The Balaban J connectivity index is 2.62. The summed E-state index contributed by atoms with van der Waals surface area (Å²) in [6, 6.07) is 0. The number of nitrogens with zero attached hydrogens (tertiary/aromatic N) is 2. The van der Waals surface area contributed by atoms with Gasteiger partial charge in [0.1, 0.15) is 10.8 Å². The highest BCUT2D eigenvalue weighted by Gasteiger charge is 2.05. The molecule has 14 heavy (non-hydrogen) atoms. The van der Waals surface area contributed by atoms with E-state index >= 15 is 0 Å². The Kier molecular flexibility index (Phi) is 4.38. The van der Waals surface area contributed by atoms with Crippen LogP contribution in [0.2, 0.25) is 10.3 Å². The van der Waals surface area contributed by atoms with Crippen molar-refractivity contribution >= 4 is 29.0 Å². The molecule has 0 saturated heterocycles. The van der Waals surface area contributed by atoms with Crippen LogP contribution in [0.5, 0.6) is 0 Å². The molecule has 0 saturated carbocycles. The fourth-order valence-electron chi connectivity index (χ4n) is 0.805. The third kappa shape index (κ3) is 3.29. The highest BCUT2D eigenvalue weighted by atomic mass is 35.5. The molecule has 1 unspecified atom stereocenters. The van der Waals surface area contributed by atoms with Crippen molar-refractivity contribution in [1.82, 2.24) is 9.97 Å². The minimum atomic E-state index is 0.115. The molecule has 2 N–H and O–H groups in total. The monoisotopic (exact) mass is 235 g/mol. The standard InChI is InChI=1S/C8H11Cl2N3O/c1-5(4-14)2-11-7-6(9)3-12-8(10)13-7/h3,5,14H,2,4H2,1H3,(H,11,12,13). The summed E-state index contributed by atoms with van der Waals surface area (Å²) in [6.45, 7) is 2.61. The lowest BCUT2D eigenvalue weighted by molar-refractivity contribution is 0.244. The summed E-state index contributed by atoms with van der Waals surface area (Å²) in [7, 11) is 0. The summed E-state index contributed by atoms with van der Waals surface area (Å²) in [6.07, 6.45) is 1.43. The molecule has 4 nitrogen and oxygen atoms in total. The third-order valence-electron chi connectivity index (χ3n) is 1.64. The molecule has 0 fully saturated rings. The van der Waals surface area contributed by atoms with E-state index < -0.39 is 0 Å². The molecule has 1 aromatic heterocycles. The van der Waals surface area contributed by atoms with Crippen LogP contribution >= 0.6 is 23.2 Å². The lowest BCUT2D eigenvalue weighted by Gasteiger charge is -2.10. The molecule has 0 aliphatic heterocycles. The topological polar surface area (TPSA) is 58.0 Å². The van der Waals surface area contributed by atoms with Crippen molar-refractivity contribution in [3.05, 3.63) is 16.5 Å². The van der Waals surface area contributed by atoms with Crippen LogP contribution in [0.3, 0.4) is 0 Å². The van der Waals surface area contributed by atoms with Crippen molar-refractivity contribution in [3.63, 3.8) is 0 Å². The number of aromatic nitrogens is 2. The normalized spacial score (nSPS) is 12.6. The molecule has 0 aliphatic rings. The van der Waals surface area contributed by atoms with Crippen LogP contribution in [-0.2, 0) is 0 Å². The SMILES string of the molecule is CC(CO)CNc1nc(Cl)ncc1Cl. The highest BCUT2D eigenvalue weighted by molar-refractivity contribution is 6.33. The third-order valence-corrected chi connectivity index (χ3v) is 2.10. The molecule has 0 bridgehead atoms. The Morgan fingerprint density at radius 1 is 1.57 bits per heavy atom. The summed E-state index contributed by atoms with van der Waals surface area (Å²) in [5, 5.41) is 12.3. The van der Waals surface area contributed by atoms with Gasteiger partial charge in [-0.25, -0.2) is 4.98 Å². The lowest BCUT2D eigenvalue weighted by Crippen LogP contribution is -2.15. The van der Waals surface area contributed by atoms with Gasteiger partial charge < -0.3 is 10.4 Å². The van der Waals surface area contributed by atoms with E-state index in [1.807, 2.05) is 6.92 Å². The van der Waals surface area contributed by atoms with Gasteiger partial charge in [0, 0.05) is 13.2 Å². The van der Waals surface area contributed by atoms with E-state index in [1.54, 1.807) is 0 Å². The second-order valence-corrected chi connectivity index (χ2v) is 3.75. The molecule has 0 spiro atoms. The van der Waals surface area contributed by atoms with Crippen molar-refractivity contribution < 1.29 is 5.11 Å². The van der Waals surface area contributed by atoms with Gasteiger partial charge in [0.25, 0.3) is 0 Å². The Bertz CT molecular complexity index is 309. The van der Waals surface area contributed by atoms with E-state index in [0.717, 1.165) is 0 Å². The van der Waals surface area contributed by atoms with Crippen molar-refractivity contribution in [2.24, 2.45) is 5.92 Å². The predicted molar refractivity (Wildman–Crippen MR) is 56.8 cm³/mol. The number of halogens is 2. The number of aliphatic hydroxyl groups excluding tert-OH is 1. The van der Waals surface area contributed by atoms with Gasteiger partial charge in [-0.1, -0.05) is 18.5 Å². The van der Waals surface area contributed by atoms with Gasteiger partial charge in [-0.2, -0.15) is 4.98 Å². The minimum absolute atomic E-state index is 0.115. The van der Waals surface area contributed by atoms with Crippen molar-refractivity contribution in [3.8, 4) is 0 Å². The number of hydrogen-bond donors (Lipinski definition) is 2. The Morgan fingerprint density at radius 3 is 2.93 bits per heavy atom. The molecular formula is C8H11Cl2N3O. The molecule has 0 radical (unpaired) electrons. The van der Waals surface area contributed by atoms with Crippen molar-refractivity contribution in [1.29, 1.82) is 0 Å². The Morgan fingerprint density at radius 2 is 2.29 bits per heavy atom. The predicted octanol–water partition coefficient (Wildman–Crippen LogP) is 1.82. The van der Waals surface area contributed by atoms with Crippen molar-refractivity contribution in [2.45, 2.75) is 6.92 Å². The number of aliphatic hydroxyl groups is 1. The summed E-state index contributed by atoms with van der Waals surface area (Å²) in [5.41, 5.74) is 0. The number of nitrogens with one attached hydrogen (secondary N) is 1. The maximum absolute atomic E-state index is 8.80. The fourth-order valence-corrected chi connectivity index (χ4v) is 1.10. The highest BCUT2D eigenvalue weighted by Crippen LogP contribution is 2.19. The van der Waals surface area contributed by atoms with Crippen LogP contribution in [-0.4, -0.2) is 28.2 Å². The first-order valence-electron chi connectivity index (χ1n) is 4.16. The zero-order valence-electron chi connectivity index (χ0n) is 7.67. The van der Waals surface area contributed by atoms with Gasteiger partial charge >= 0.3 is 0 Å². The van der Waals surface area contributed by atoms with E-state index in [1.165, 1.54) is 6.20 Å². The fraction of sp³-hybridized carbons (Fsp3) is 0.500. The Labute approximate surface area is 92.3 Å². The second-order valence-electron chi connectivity index (χ2n) is 3.00. The van der Waals surface area contributed by atoms with Gasteiger partial charge in [0.15, 0.2) is 0 Å². The van der Waals surface area contributed by atoms with E-state index in [2.05, 4.69) is 15.3 Å². The van der Waals surface area contributed by atoms with Crippen LogP contribution in [0.15, 0.2) is 6.20 Å². The molecule has 1 rings (SSSR count). The van der Waals surface area contributed by atoms with E-state index in [4.69, 9.17) is 28.3 Å². The number of rotatable bonds is 4. The van der Waals surface area contributed by atoms with Gasteiger partial charge in [-0.15, -0.1) is 0 Å². The molecule has 1 heterocycles. The number of anilines is 1. The smallest absolute Gasteiger partial charge is 0.224 e. The maximum atomic E-state index is 8.80. The molecule has 6 heteroatoms. The first-order valence-corrected chi connectivity index (χ1v) is 4.92. The maximum Gasteiger partial charge on any atom is 0.224 e. The average molecular weight is 236 g/mol. The molecule has 0 amide bonds. The largest absolute Gasteiger partial charge is 0.396 e. The van der Waals surface area contributed by atoms with Crippen LogP contribution < -0.4 is 5.32 Å². The first-order chi connectivity index (χ1) is 6.63. The van der Waals surface area contributed by atoms with E-state index in [0.29, 0.717) is 17.4 Å². The molecule has 78 valence electrons. The lowest BCUT2D eigenvalue weighted by atomic mass is 10.2.